The fraction of sp³-hybridized carbons (Fsp3) is 0.640. The summed E-state index contributed by atoms with van der Waals surface area (Å²) in [6, 6.07) is 5.14. The molecule has 0 saturated heterocycles. The number of likely N-dealkylation sites (N-methyl/N-ethyl adjacent to an activating group) is 1. The molecule has 0 radical (unpaired) electrons. The van der Waals surface area contributed by atoms with E-state index in [1.807, 2.05) is 13.0 Å². The van der Waals surface area contributed by atoms with Crippen LogP contribution in [0.15, 0.2) is 30.0 Å². The molecule has 4 rings (SSSR count). The van der Waals surface area contributed by atoms with Gasteiger partial charge >= 0.3 is 6.18 Å². The Morgan fingerprint density at radius 2 is 1.90 bits per heavy atom. The van der Waals surface area contributed by atoms with Gasteiger partial charge in [-0.25, -0.2) is 0 Å². The average Bonchev–Trinajstić information content (AvgIpc) is 2.98. The number of hydrogen-bond acceptors (Lipinski definition) is 2. The number of carbonyl (C=O) groups is 1. The lowest BCUT2D eigenvalue weighted by Crippen LogP contribution is -2.61. The number of hydrogen-bond donors (Lipinski definition) is 0. The van der Waals surface area contributed by atoms with Crippen LogP contribution in [-0.2, 0) is 27.8 Å². The van der Waals surface area contributed by atoms with Crippen molar-refractivity contribution in [2.24, 2.45) is 11.3 Å². The van der Waals surface area contributed by atoms with Gasteiger partial charge in [0.05, 0.1) is 17.9 Å². The summed E-state index contributed by atoms with van der Waals surface area (Å²) in [4.78, 5) is 15.9. The molecular weight excluding hydrogens is 403 g/mol. The lowest BCUT2D eigenvalue weighted by molar-refractivity contribution is -0.147. The third-order valence-electron chi connectivity index (χ3n) is 8.20. The molecule has 0 bridgehead atoms. The molecule has 1 fully saturated rings. The third-order valence-corrected chi connectivity index (χ3v) is 8.20. The maximum absolute atomic E-state index is 14.1. The summed E-state index contributed by atoms with van der Waals surface area (Å²) in [7, 11) is 3.53. The van der Waals surface area contributed by atoms with E-state index in [0.717, 1.165) is 55.3 Å². The quantitative estimate of drug-likeness (QED) is 0.622. The number of carbonyl (C=O) groups excluding carboxylic acids is 1. The Bertz CT molecular complexity index is 899. The highest BCUT2D eigenvalue weighted by atomic mass is 19.4. The number of benzene rings is 1. The van der Waals surface area contributed by atoms with Crippen LogP contribution in [0.5, 0.6) is 0 Å². The minimum Gasteiger partial charge on any atom is -0.381 e. The topological polar surface area (TPSA) is 29.5 Å². The van der Waals surface area contributed by atoms with Crippen molar-refractivity contribution in [2.75, 3.05) is 14.2 Å². The summed E-state index contributed by atoms with van der Waals surface area (Å²) in [5.41, 5.74) is 1.93. The van der Waals surface area contributed by atoms with Crippen molar-refractivity contribution in [3.63, 3.8) is 0 Å². The molecule has 1 heterocycles. The number of fused-ring (bicyclic) bond motifs is 3. The lowest BCUT2D eigenvalue weighted by Gasteiger charge is -2.55. The third kappa shape index (κ3) is 3.33. The van der Waals surface area contributed by atoms with E-state index in [2.05, 4.69) is 13.0 Å². The van der Waals surface area contributed by atoms with E-state index in [4.69, 9.17) is 4.74 Å². The van der Waals surface area contributed by atoms with E-state index in [1.54, 1.807) is 31.2 Å². The highest BCUT2D eigenvalue weighted by Gasteiger charge is 2.66. The number of methoxy groups -OCH3 is 1. The van der Waals surface area contributed by atoms with Gasteiger partial charge in [-0.15, -0.1) is 0 Å². The SMILES string of the molecule is CCC1C=C(C)N(C)C(=O)C12c1cc(CC(F)(F)F)ccc1CC21CCC(OC)CC1. The first-order chi connectivity index (χ1) is 14.6. The van der Waals surface area contributed by atoms with Crippen molar-refractivity contribution in [3.05, 3.63) is 46.7 Å². The number of ether oxygens (including phenoxy) is 1. The smallest absolute Gasteiger partial charge is 0.381 e. The maximum Gasteiger partial charge on any atom is 0.393 e. The van der Waals surface area contributed by atoms with Crippen molar-refractivity contribution in [1.82, 2.24) is 4.90 Å². The number of nitrogens with zero attached hydrogens (tertiary/aromatic N) is 1. The Hall–Kier alpha value is -1.82. The zero-order valence-electron chi connectivity index (χ0n) is 18.8. The van der Waals surface area contributed by atoms with Gasteiger partial charge in [0.1, 0.15) is 0 Å². The molecule has 1 amide bonds. The molecule has 2 spiro atoms. The summed E-state index contributed by atoms with van der Waals surface area (Å²) in [5.74, 6) is 0.0100. The number of halogens is 3. The Morgan fingerprint density at radius 3 is 2.48 bits per heavy atom. The van der Waals surface area contributed by atoms with Crippen LogP contribution in [0.2, 0.25) is 0 Å². The first-order valence-electron chi connectivity index (χ1n) is 11.3. The van der Waals surface area contributed by atoms with Gasteiger partial charge < -0.3 is 9.64 Å². The Kier molecular flexibility index (Phi) is 5.52. The van der Waals surface area contributed by atoms with Crippen molar-refractivity contribution in [2.45, 2.75) is 76.5 Å². The fourth-order valence-electron chi connectivity index (χ4n) is 6.70. The summed E-state index contributed by atoms with van der Waals surface area (Å²) < 4.78 is 45.2. The van der Waals surface area contributed by atoms with Gasteiger partial charge in [0.15, 0.2) is 0 Å². The summed E-state index contributed by atoms with van der Waals surface area (Å²) in [6.07, 6.45) is 2.07. The number of rotatable bonds is 3. The lowest BCUT2D eigenvalue weighted by atomic mass is 9.50. The minimum atomic E-state index is -4.28. The molecular formula is C25H32F3NO2. The van der Waals surface area contributed by atoms with Crippen molar-refractivity contribution >= 4 is 5.91 Å². The highest BCUT2D eigenvalue weighted by molar-refractivity contribution is 5.94. The highest BCUT2D eigenvalue weighted by Crippen LogP contribution is 2.64. The zero-order valence-corrected chi connectivity index (χ0v) is 18.8. The van der Waals surface area contributed by atoms with Crippen LogP contribution in [0, 0.1) is 11.3 Å². The first-order valence-corrected chi connectivity index (χ1v) is 11.3. The minimum absolute atomic E-state index is 0.0299. The van der Waals surface area contributed by atoms with Crippen molar-refractivity contribution < 1.29 is 22.7 Å². The molecule has 1 aromatic rings. The second kappa shape index (κ2) is 7.65. The molecule has 0 N–H and O–H groups in total. The first kappa shape index (κ1) is 22.4. The maximum atomic E-state index is 14.1. The van der Waals surface area contributed by atoms with Crippen molar-refractivity contribution in [1.29, 1.82) is 0 Å². The molecule has 3 nitrogen and oxygen atoms in total. The van der Waals surface area contributed by atoms with E-state index in [-0.39, 0.29) is 28.9 Å². The van der Waals surface area contributed by atoms with Crippen LogP contribution in [-0.4, -0.2) is 37.2 Å². The second-order valence-electron chi connectivity index (χ2n) is 9.67. The molecule has 2 unspecified atom stereocenters. The largest absolute Gasteiger partial charge is 0.393 e. The van der Waals surface area contributed by atoms with Gasteiger partial charge in [-0.1, -0.05) is 31.2 Å². The van der Waals surface area contributed by atoms with Gasteiger partial charge in [0, 0.05) is 19.9 Å². The van der Waals surface area contributed by atoms with Gasteiger partial charge in [-0.2, -0.15) is 13.2 Å². The monoisotopic (exact) mass is 435 g/mol. The average molecular weight is 436 g/mol. The van der Waals surface area contributed by atoms with E-state index < -0.39 is 18.0 Å². The molecule has 2 atom stereocenters. The molecule has 31 heavy (non-hydrogen) atoms. The number of alkyl halides is 3. The summed E-state index contributed by atoms with van der Waals surface area (Å²) in [6.45, 7) is 4.03. The second-order valence-corrected chi connectivity index (χ2v) is 9.67. The van der Waals surface area contributed by atoms with Crippen molar-refractivity contribution in [3.8, 4) is 0 Å². The van der Waals surface area contributed by atoms with E-state index >= 15 is 0 Å². The standard InChI is InChI=1S/C25H32F3NO2/c1-5-19-12-16(2)29(3)22(30)25(19)21-13-17(14-24(26,27)28)6-7-18(21)15-23(25)10-8-20(31-4)9-11-23/h6-7,12-13,19-20H,5,8-11,14-15H2,1-4H3. The Balaban J connectivity index is 1.92. The van der Waals surface area contributed by atoms with E-state index in [9.17, 15) is 18.0 Å². The van der Waals surface area contributed by atoms with Crippen LogP contribution in [0.3, 0.4) is 0 Å². The van der Waals surface area contributed by atoms with Crippen LogP contribution in [0.4, 0.5) is 13.2 Å². The Morgan fingerprint density at radius 1 is 1.23 bits per heavy atom. The zero-order chi connectivity index (χ0) is 22.6. The van der Waals surface area contributed by atoms with Crippen LogP contribution < -0.4 is 0 Å². The molecule has 1 aromatic carbocycles. The van der Waals surface area contributed by atoms with E-state index in [1.165, 1.54) is 0 Å². The predicted octanol–water partition coefficient (Wildman–Crippen LogP) is 5.56. The van der Waals surface area contributed by atoms with Gasteiger partial charge in [-0.3, -0.25) is 4.79 Å². The van der Waals surface area contributed by atoms with Gasteiger partial charge in [0.2, 0.25) is 5.91 Å². The number of allylic oxidation sites excluding steroid dienone is 2. The molecule has 1 saturated carbocycles. The molecule has 3 aliphatic rings. The normalized spacial score (nSPS) is 33.2. The Labute approximate surface area is 182 Å². The summed E-state index contributed by atoms with van der Waals surface area (Å²) >= 11 is 0. The molecule has 6 heteroatoms. The molecule has 1 aliphatic heterocycles. The molecule has 2 aliphatic carbocycles. The molecule has 0 aromatic heterocycles. The van der Waals surface area contributed by atoms with Gasteiger partial charge in [0.25, 0.3) is 0 Å². The number of amides is 1. The van der Waals surface area contributed by atoms with Crippen LogP contribution in [0.1, 0.15) is 62.6 Å². The fourth-order valence-corrected chi connectivity index (χ4v) is 6.70. The van der Waals surface area contributed by atoms with Crippen LogP contribution >= 0.6 is 0 Å². The predicted molar refractivity (Wildman–Crippen MR) is 114 cm³/mol. The van der Waals surface area contributed by atoms with Crippen LogP contribution in [0.25, 0.3) is 0 Å². The summed E-state index contributed by atoms with van der Waals surface area (Å²) in [5, 5.41) is 0. The van der Waals surface area contributed by atoms with E-state index in [0.29, 0.717) is 0 Å². The molecule has 170 valence electrons. The van der Waals surface area contributed by atoms with Gasteiger partial charge in [-0.05, 0) is 73.5 Å².